The molecule has 2 atom stereocenters. The van der Waals surface area contributed by atoms with Gasteiger partial charge in [0.1, 0.15) is 5.69 Å². The van der Waals surface area contributed by atoms with E-state index in [-0.39, 0.29) is 30.3 Å². The number of amides is 1. The standard InChI is InChI=1S/C15H17ClN2O3/c16-10-1-4-13(17-8-10)15(21)18-11-2-3-12(18)6-9(5-11)7-14(19)20/h1,4,8-9,11-12H,2-3,5-7H2,(H,19,20). The Morgan fingerprint density at radius 3 is 2.48 bits per heavy atom. The molecule has 3 rings (SSSR count). The van der Waals surface area contributed by atoms with E-state index in [2.05, 4.69) is 4.98 Å². The van der Waals surface area contributed by atoms with Crippen LogP contribution in [0.4, 0.5) is 0 Å². The first-order valence-corrected chi connectivity index (χ1v) is 7.58. The molecule has 2 bridgehead atoms. The van der Waals surface area contributed by atoms with E-state index in [9.17, 15) is 9.59 Å². The van der Waals surface area contributed by atoms with Crippen LogP contribution in [0.25, 0.3) is 0 Å². The third-order valence-electron chi connectivity index (χ3n) is 4.48. The van der Waals surface area contributed by atoms with Gasteiger partial charge in [-0.15, -0.1) is 0 Å². The van der Waals surface area contributed by atoms with Crippen molar-refractivity contribution < 1.29 is 14.7 Å². The van der Waals surface area contributed by atoms with E-state index in [4.69, 9.17) is 16.7 Å². The maximum Gasteiger partial charge on any atom is 0.303 e. The Bertz CT molecular complexity index is 547. The molecule has 2 aliphatic rings. The number of carboxylic acid groups (broad SMARTS) is 1. The summed E-state index contributed by atoms with van der Waals surface area (Å²) in [6.07, 6.45) is 5.16. The fraction of sp³-hybridized carbons (Fsp3) is 0.533. The van der Waals surface area contributed by atoms with Crippen LogP contribution in [0, 0.1) is 5.92 Å². The minimum atomic E-state index is -0.751. The van der Waals surface area contributed by atoms with Gasteiger partial charge in [-0.3, -0.25) is 9.59 Å². The number of hydrogen-bond acceptors (Lipinski definition) is 3. The number of aromatic nitrogens is 1. The van der Waals surface area contributed by atoms with Crippen molar-refractivity contribution in [3.8, 4) is 0 Å². The molecule has 112 valence electrons. The molecule has 3 heterocycles. The molecule has 2 unspecified atom stereocenters. The van der Waals surface area contributed by atoms with Gasteiger partial charge in [0.2, 0.25) is 0 Å². The number of pyridine rings is 1. The van der Waals surface area contributed by atoms with Crippen molar-refractivity contribution >= 4 is 23.5 Å². The number of rotatable bonds is 3. The average Bonchev–Trinajstić information content (AvgIpc) is 2.70. The Hall–Kier alpha value is -1.62. The lowest BCUT2D eigenvalue weighted by atomic mass is 9.88. The Balaban J connectivity index is 1.74. The third kappa shape index (κ3) is 2.88. The van der Waals surface area contributed by atoms with Crippen LogP contribution >= 0.6 is 11.6 Å². The lowest BCUT2D eigenvalue weighted by molar-refractivity contribution is -0.138. The predicted octanol–water partition coefficient (Wildman–Crippen LogP) is 2.59. The monoisotopic (exact) mass is 308 g/mol. The van der Waals surface area contributed by atoms with Crippen molar-refractivity contribution in [3.05, 3.63) is 29.0 Å². The number of carbonyl (C=O) groups is 2. The number of nitrogens with zero attached hydrogens (tertiary/aromatic N) is 2. The number of fused-ring (bicyclic) bond motifs is 2. The van der Waals surface area contributed by atoms with Gasteiger partial charge in [0, 0.05) is 24.7 Å². The lowest BCUT2D eigenvalue weighted by Gasteiger charge is -2.38. The van der Waals surface area contributed by atoms with E-state index in [1.54, 1.807) is 12.1 Å². The quantitative estimate of drug-likeness (QED) is 0.931. The molecule has 0 saturated carbocycles. The van der Waals surface area contributed by atoms with Crippen molar-refractivity contribution in [2.24, 2.45) is 5.92 Å². The van der Waals surface area contributed by atoms with E-state index in [0.29, 0.717) is 10.7 Å². The van der Waals surface area contributed by atoms with Gasteiger partial charge in [-0.2, -0.15) is 0 Å². The molecule has 5 nitrogen and oxygen atoms in total. The van der Waals surface area contributed by atoms with Gasteiger partial charge in [-0.25, -0.2) is 4.98 Å². The Kier molecular flexibility index (Phi) is 3.85. The first-order chi connectivity index (χ1) is 10.0. The van der Waals surface area contributed by atoms with Gasteiger partial charge in [-0.1, -0.05) is 11.6 Å². The van der Waals surface area contributed by atoms with Crippen LogP contribution in [-0.4, -0.2) is 39.0 Å². The second-order valence-electron chi connectivity index (χ2n) is 5.89. The largest absolute Gasteiger partial charge is 0.481 e. The van der Waals surface area contributed by atoms with Crippen LogP contribution in [0.3, 0.4) is 0 Å². The fourth-order valence-corrected chi connectivity index (χ4v) is 3.78. The summed E-state index contributed by atoms with van der Waals surface area (Å²) in [5.74, 6) is -0.631. The maximum atomic E-state index is 12.6. The number of aliphatic carboxylic acids is 1. The summed E-state index contributed by atoms with van der Waals surface area (Å²) in [4.78, 5) is 29.5. The lowest BCUT2D eigenvalue weighted by Crippen LogP contribution is -2.47. The summed E-state index contributed by atoms with van der Waals surface area (Å²) in [5.41, 5.74) is 0.410. The summed E-state index contributed by atoms with van der Waals surface area (Å²) in [6, 6.07) is 3.62. The summed E-state index contributed by atoms with van der Waals surface area (Å²) < 4.78 is 0. The Morgan fingerprint density at radius 1 is 1.29 bits per heavy atom. The molecule has 1 amide bonds. The van der Waals surface area contributed by atoms with Gasteiger partial charge in [0.05, 0.1) is 5.02 Å². The average molecular weight is 309 g/mol. The molecule has 1 N–H and O–H groups in total. The molecule has 2 aliphatic heterocycles. The minimum absolute atomic E-state index is 0.0621. The van der Waals surface area contributed by atoms with E-state index < -0.39 is 5.97 Å². The highest BCUT2D eigenvalue weighted by Crippen LogP contribution is 2.40. The molecule has 1 aromatic heterocycles. The molecule has 2 saturated heterocycles. The minimum Gasteiger partial charge on any atom is -0.481 e. The highest BCUT2D eigenvalue weighted by Gasteiger charge is 2.43. The highest BCUT2D eigenvalue weighted by atomic mass is 35.5. The summed E-state index contributed by atoms with van der Waals surface area (Å²) >= 11 is 5.80. The van der Waals surface area contributed by atoms with Crippen LogP contribution < -0.4 is 0 Å². The number of hydrogen-bond donors (Lipinski definition) is 1. The van der Waals surface area contributed by atoms with Gasteiger partial charge >= 0.3 is 5.97 Å². The second kappa shape index (κ2) is 5.64. The molecule has 1 aromatic rings. The topological polar surface area (TPSA) is 70.5 Å². The van der Waals surface area contributed by atoms with Crippen molar-refractivity contribution in [3.63, 3.8) is 0 Å². The summed E-state index contributed by atoms with van der Waals surface area (Å²) in [5, 5.41) is 9.44. The van der Waals surface area contributed by atoms with Crippen molar-refractivity contribution in [1.82, 2.24) is 9.88 Å². The summed E-state index contributed by atoms with van der Waals surface area (Å²) in [6.45, 7) is 0. The normalized spacial score (nSPS) is 27.7. The molecule has 0 aliphatic carbocycles. The van der Waals surface area contributed by atoms with Gasteiger partial charge in [0.25, 0.3) is 5.91 Å². The van der Waals surface area contributed by atoms with E-state index in [1.807, 2.05) is 4.90 Å². The fourth-order valence-electron chi connectivity index (χ4n) is 3.67. The Labute approximate surface area is 127 Å². The van der Waals surface area contributed by atoms with E-state index >= 15 is 0 Å². The Morgan fingerprint density at radius 2 is 1.95 bits per heavy atom. The van der Waals surface area contributed by atoms with Gasteiger partial charge in [-0.05, 0) is 43.7 Å². The zero-order valence-corrected chi connectivity index (χ0v) is 12.3. The maximum absolute atomic E-state index is 12.6. The first kappa shape index (κ1) is 14.3. The van der Waals surface area contributed by atoms with E-state index in [1.165, 1.54) is 6.20 Å². The number of carboxylic acids is 1. The van der Waals surface area contributed by atoms with Crippen LogP contribution in [0.15, 0.2) is 18.3 Å². The van der Waals surface area contributed by atoms with E-state index in [0.717, 1.165) is 25.7 Å². The van der Waals surface area contributed by atoms with Crippen LogP contribution in [0.2, 0.25) is 5.02 Å². The highest BCUT2D eigenvalue weighted by molar-refractivity contribution is 6.30. The molecule has 6 heteroatoms. The van der Waals surface area contributed by atoms with Crippen LogP contribution in [-0.2, 0) is 4.79 Å². The number of carbonyl (C=O) groups excluding carboxylic acids is 1. The molecular formula is C15H17ClN2O3. The molecule has 0 spiro atoms. The van der Waals surface area contributed by atoms with Crippen LogP contribution in [0.1, 0.15) is 42.6 Å². The zero-order chi connectivity index (χ0) is 15.0. The zero-order valence-electron chi connectivity index (χ0n) is 11.5. The molecular weight excluding hydrogens is 292 g/mol. The first-order valence-electron chi connectivity index (χ1n) is 7.20. The number of halogens is 1. The smallest absolute Gasteiger partial charge is 0.303 e. The number of piperidine rings is 1. The van der Waals surface area contributed by atoms with Gasteiger partial charge in [0.15, 0.2) is 0 Å². The molecule has 2 fully saturated rings. The SMILES string of the molecule is O=C(O)CC1CC2CCC(C1)N2C(=O)c1ccc(Cl)cn1. The van der Waals surface area contributed by atoms with Gasteiger partial charge < -0.3 is 10.0 Å². The molecule has 0 radical (unpaired) electrons. The van der Waals surface area contributed by atoms with Crippen molar-refractivity contribution in [2.45, 2.75) is 44.2 Å². The predicted molar refractivity (Wildman–Crippen MR) is 77.2 cm³/mol. The summed E-state index contributed by atoms with van der Waals surface area (Å²) in [7, 11) is 0. The van der Waals surface area contributed by atoms with Crippen LogP contribution in [0.5, 0.6) is 0 Å². The van der Waals surface area contributed by atoms with Crippen molar-refractivity contribution in [2.75, 3.05) is 0 Å². The second-order valence-corrected chi connectivity index (χ2v) is 6.33. The molecule has 0 aromatic carbocycles. The van der Waals surface area contributed by atoms with Crippen molar-refractivity contribution in [1.29, 1.82) is 0 Å². The third-order valence-corrected chi connectivity index (χ3v) is 4.70. The molecule has 21 heavy (non-hydrogen) atoms.